The highest BCUT2D eigenvalue weighted by molar-refractivity contribution is 5.97. The third-order valence-electron chi connectivity index (χ3n) is 3.95. The molecule has 3 heterocycles. The van der Waals surface area contributed by atoms with E-state index in [-0.39, 0.29) is 16.7 Å². The van der Waals surface area contributed by atoms with E-state index in [0.29, 0.717) is 6.54 Å². The predicted octanol–water partition coefficient (Wildman–Crippen LogP) is 1.30. The number of aromatic carboxylic acids is 1. The molecule has 1 aliphatic heterocycles. The molecule has 0 unspecified atom stereocenters. The Kier molecular flexibility index (Phi) is 3.50. The van der Waals surface area contributed by atoms with E-state index in [9.17, 15) is 9.59 Å². The van der Waals surface area contributed by atoms with Crippen molar-refractivity contribution in [2.75, 3.05) is 11.9 Å². The maximum Gasteiger partial charge on any atom is 0.337 e. The number of anilines is 1. The van der Waals surface area contributed by atoms with Crippen molar-refractivity contribution in [2.24, 2.45) is 4.99 Å². The Morgan fingerprint density at radius 1 is 1.20 bits per heavy atom. The molecule has 2 N–H and O–H groups in total. The highest BCUT2D eigenvalue weighted by Gasteiger charge is 2.16. The van der Waals surface area contributed by atoms with Gasteiger partial charge >= 0.3 is 5.97 Å². The lowest BCUT2D eigenvalue weighted by Gasteiger charge is -2.07. The molecular formula is C17H13N5O3. The predicted molar refractivity (Wildman–Crippen MR) is 89.3 cm³/mol. The van der Waals surface area contributed by atoms with Gasteiger partial charge in [0.15, 0.2) is 0 Å². The number of carbonyl (C=O) groups is 2. The van der Waals surface area contributed by atoms with Crippen molar-refractivity contribution in [3.8, 4) is 0 Å². The largest absolute Gasteiger partial charge is 0.478 e. The minimum absolute atomic E-state index is 0.0629. The van der Waals surface area contributed by atoms with Crippen LogP contribution in [0.15, 0.2) is 47.7 Å². The van der Waals surface area contributed by atoms with Crippen LogP contribution in [0.25, 0.3) is 10.9 Å². The van der Waals surface area contributed by atoms with Gasteiger partial charge in [-0.1, -0.05) is 12.1 Å². The van der Waals surface area contributed by atoms with E-state index in [4.69, 9.17) is 5.11 Å². The average Bonchev–Trinajstić information content (AvgIpc) is 3.12. The zero-order valence-corrected chi connectivity index (χ0v) is 13.0. The molecule has 0 atom stereocenters. The number of hydrogen-bond acceptors (Lipinski definition) is 5. The van der Waals surface area contributed by atoms with E-state index in [1.165, 1.54) is 18.5 Å². The first-order chi connectivity index (χ1) is 12.1. The number of para-hydroxylation sites is 1. The summed E-state index contributed by atoms with van der Waals surface area (Å²) < 4.78 is 1.84. The van der Waals surface area contributed by atoms with Crippen LogP contribution in [0, 0.1) is 0 Å². The van der Waals surface area contributed by atoms with Gasteiger partial charge in [-0.15, -0.1) is 0 Å². The number of aromatic nitrogens is 3. The smallest absolute Gasteiger partial charge is 0.337 e. The van der Waals surface area contributed by atoms with E-state index in [1.54, 1.807) is 0 Å². The lowest BCUT2D eigenvalue weighted by Crippen LogP contribution is -2.24. The van der Waals surface area contributed by atoms with Crippen LogP contribution in [0.3, 0.4) is 0 Å². The molecule has 2 aromatic heterocycles. The number of pyridine rings is 1. The summed E-state index contributed by atoms with van der Waals surface area (Å²) in [5, 5.41) is 13.3. The number of carbonyl (C=O) groups excluding carboxylic acids is 1. The van der Waals surface area contributed by atoms with Gasteiger partial charge in [0.1, 0.15) is 5.82 Å². The highest BCUT2D eigenvalue weighted by Crippen LogP contribution is 2.22. The molecular weight excluding hydrogens is 322 g/mol. The van der Waals surface area contributed by atoms with Crippen molar-refractivity contribution < 1.29 is 14.7 Å². The van der Waals surface area contributed by atoms with Gasteiger partial charge in [-0.2, -0.15) is 4.99 Å². The molecule has 8 heteroatoms. The first-order valence-corrected chi connectivity index (χ1v) is 7.64. The van der Waals surface area contributed by atoms with Gasteiger partial charge < -0.3 is 10.4 Å². The van der Waals surface area contributed by atoms with E-state index in [2.05, 4.69) is 20.3 Å². The molecule has 8 nitrogen and oxygen atoms in total. The van der Waals surface area contributed by atoms with Crippen molar-refractivity contribution in [1.29, 1.82) is 0 Å². The van der Waals surface area contributed by atoms with Gasteiger partial charge in [-0.25, -0.2) is 9.78 Å². The molecule has 1 aliphatic rings. The Bertz CT molecular complexity index is 1090. The van der Waals surface area contributed by atoms with Crippen LogP contribution in [0.4, 0.5) is 5.82 Å². The number of rotatable bonds is 2. The van der Waals surface area contributed by atoms with Gasteiger partial charge in [0.05, 0.1) is 16.6 Å². The molecule has 1 aromatic carbocycles. The van der Waals surface area contributed by atoms with Crippen molar-refractivity contribution >= 4 is 28.6 Å². The van der Waals surface area contributed by atoms with Crippen molar-refractivity contribution in [1.82, 2.24) is 14.5 Å². The topological polar surface area (TPSA) is 109 Å². The fourth-order valence-corrected chi connectivity index (χ4v) is 2.79. The quantitative estimate of drug-likeness (QED) is 0.730. The van der Waals surface area contributed by atoms with Gasteiger partial charge in [0, 0.05) is 30.9 Å². The minimum Gasteiger partial charge on any atom is -0.478 e. The Labute approximate surface area is 141 Å². The molecule has 0 radical (unpaired) electrons. The van der Waals surface area contributed by atoms with E-state index >= 15 is 0 Å². The molecule has 0 fully saturated rings. The summed E-state index contributed by atoms with van der Waals surface area (Å²) >= 11 is 0. The highest BCUT2D eigenvalue weighted by atomic mass is 16.4. The Balaban J connectivity index is 1.86. The molecule has 0 spiro atoms. The van der Waals surface area contributed by atoms with Gasteiger partial charge in [0.25, 0.3) is 5.91 Å². The minimum atomic E-state index is -1.15. The summed E-state index contributed by atoms with van der Waals surface area (Å²) in [5.74, 6) is -0.861. The second kappa shape index (κ2) is 5.82. The van der Waals surface area contributed by atoms with Crippen LogP contribution in [0.2, 0.25) is 0 Å². The molecule has 0 aliphatic carbocycles. The fraction of sp³-hybridized carbons (Fsp3) is 0.118. The Morgan fingerprint density at radius 2 is 2.00 bits per heavy atom. The van der Waals surface area contributed by atoms with Crippen molar-refractivity contribution in [3.63, 3.8) is 0 Å². The van der Waals surface area contributed by atoms with Crippen LogP contribution < -0.4 is 10.9 Å². The third-order valence-corrected chi connectivity index (χ3v) is 3.95. The Hall–Kier alpha value is -3.55. The van der Waals surface area contributed by atoms with Crippen molar-refractivity contribution in [3.05, 3.63) is 59.5 Å². The van der Waals surface area contributed by atoms with Gasteiger partial charge in [-0.05, 0) is 18.2 Å². The number of carboxylic acids is 1. The van der Waals surface area contributed by atoms with Crippen LogP contribution in [0.1, 0.15) is 20.7 Å². The third kappa shape index (κ3) is 2.63. The van der Waals surface area contributed by atoms with Gasteiger partial charge in [0.2, 0.25) is 5.62 Å². The number of benzene rings is 1. The summed E-state index contributed by atoms with van der Waals surface area (Å²) in [6.07, 6.45) is 2.48. The van der Waals surface area contributed by atoms with Crippen LogP contribution in [0.5, 0.6) is 0 Å². The molecule has 25 heavy (non-hydrogen) atoms. The van der Waals surface area contributed by atoms with Crippen LogP contribution in [-0.4, -0.2) is 38.1 Å². The Morgan fingerprint density at radius 3 is 2.84 bits per heavy atom. The molecule has 124 valence electrons. The number of nitrogens with zero attached hydrogens (tertiary/aromatic N) is 4. The number of amides is 1. The fourth-order valence-electron chi connectivity index (χ4n) is 2.79. The number of carboxylic acid groups (broad SMARTS) is 1. The summed E-state index contributed by atoms with van der Waals surface area (Å²) in [5.41, 5.74) is 1.05. The molecule has 0 saturated carbocycles. The maximum atomic E-state index is 12.5. The SMILES string of the molecule is O=C(O)c1cncc(C(=O)N=c2nc3ccccc3c3n2CCN3)c1. The zero-order valence-electron chi connectivity index (χ0n) is 13.0. The average molecular weight is 335 g/mol. The number of fused-ring (bicyclic) bond motifs is 3. The standard InChI is InChI=1S/C17H13N5O3/c23-15(10-7-11(16(24)25)9-18-8-10)21-17-20-13-4-2-1-3-12(13)14-19-5-6-22(14)17/h1-4,7-9,19H,5-6H2,(H,24,25). The first-order valence-electron chi connectivity index (χ1n) is 7.64. The van der Waals surface area contributed by atoms with E-state index in [1.807, 2.05) is 28.8 Å². The number of nitrogens with one attached hydrogen (secondary N) is 1. The summed E-state index contributed by atoms with van der Waals surface area (Å²) in [4.78, 5) is 35.8. The summed E-state index contributed by atoms with van der Waals surface area (Å²) in [6, 6.07) is 8.86. The number of hydrogen-bond donors (Lipinski definition) is 2. The molecule has 4 rings (SSSR count). The molecule has 0 saturated heterocycles. The maximum absolute atomic E-state index is 12.5. The lowest BCUT2D eigenvalue weighted by molar-refractivity contribution is 0.0696. The monoisotopic (exact) mass is 335 g/mol. The summed E-state index contributed by atoms with van der Waals surface area (Å²) in [7, 11) is 0. The second-order valence-electron chi connectivity index (χ2n) is 5.54. The molecule has 3 aromatic rings. The lowest BCUT2D eigenvalue weighted by atomic mass is 10.2. The van der Waals surface area contributed by atoms with Crippen LogP contribution in [-0.2, 0) is 6.54 Å². The van der Waals surface area contributed by atoms with Crippen molar-refractivity contribution in [2.45, 2.75) is 6.54 Å². The molecule has 1 amide bonds. The van der Waals surface area contributed by atoms with E-state index < -0.39 is 11.9 Å². The molecule has 0 bridgehead atoms. The van der Waals surface area contributed by atoms with Crippen LogP contribution >= 0.6 is 0 Å². The summed E-state index contributed by atoms with van der Waals surface area (Å²) in [6.45, 7) is 1.37. The first kappa shape index (κ1) is 15.0. The zero-order chi connectivity index (χ0) is 17.4. The second-order valence-corrected chi connectivity index (χ2v) is 5.54. The normalized spacial score (nSPS) is 13.5. The van der Waals surface area contributed by atoms with E-state index in [0.717, 1.165) is 23.3 Å². The van der Waals surface area contributed by atoms with Gasteiger partial charge in [-0.3, -0.25) is 14.3 Å².